The Labute approximate surface area is 143 Å². The second kappa shape index (κ2) is 5.77. The predicted octanol–water partition coefficient (Wildman–Crippen LogP) is 6.39. The van der Waals surface area contributed by atoms with E-state index < -0.39 is 0 Å². The third kappa shape index (κ3) is 3.40. The summed E-state index contributed by atoms with van der Waals surface area (Å²) in [6, 6.07) is 0. The van der Waals surface area contributed by atoms with Crippen molar-refractivity contribution in [3.63, 3.8) is 0 Å². The molecule has 0 spiro atoms. The number of hydrogen-bond donors (Lipinski definition) is 0. The molecule has 0 aliphatic heterocycles. The average molecular weight is 315 g/mol. The Morgan fingerprint density at radius 3 is 2.09 bits per heavy atom. The van der Waals surface area contributed by atoms with Crippen LogP contribution in [-0.2, 0) is 4.74 Å². The van der Waals surface area contributed by atoms with Crippen LogP contribution in [0.15, 0.2) is 47.6 Å². The van der Waals surface area contributed by atoms with Gasteiger partial charge in [0.15, 0.2) is 0 Å². The van der Waals surface area contributed by atoms with Gasteiger partial charge in [0.1, 0.15) is 5.60 Å². The van der Waals surface area contributed by atoms with Crippen molar-refractivity contribution in [1.82, 2.24) is 0 Å². The minimum absolute atomic E-state index is 0.0656. The Hall–Kier alpha value is -1.08. The van der Waals surface area contributed by atoms with Gasteiger partial charge in [-0.3, -0.25) is 0 Å². The first-order chi connectivity index (χ1) is 10.4. The molecule has 0 saturated carbocycles. The van der Waals surface area contributed by atoms with Crippen LogP contribution in [0, 0.1) is 10.8 Å². The maximum Gasteiger partial charge on any atom is 0.103 e. The van der Waals surface area contributed by atoms with Crippen LogP contribution >= 0.6 is 0 Å². The van der Waals surface area contributed by atoms with Crippen LogP contribution in [0.3, 0.4) is 0 Å². The van der Waals surface area contributed by atoms with Crippen LogP contribution in [0.5, 0.6) is 0 Å². The van der Waals surface area contributed by atoms with Gasteiger partial charge in [-0.15, -0.1) is 0 Å². The molecular weight excluding hydrogens is 280 g/mol. The van der Waals surface area contributed by atoms with E-state index in [1.807, 2.05) is 0 Å². The molecule has 2 aliphatic rings. The van der Waals surface area contributed by atoms with E-state index >= 15 is 0 Å². The summed E-state index contributed by atoms with van der Waals surface area (Å²) in [5.41, 5.74) is 2.25. The molecule has 0 aromatic rings. The van der Waals surface area contributed by atoms with E-state index in [0.29, 0.717) is 0 Å². The summed E-state index contributed by atoms with van der Waals surface area (Å²) in [5, 5.41) is 0. The molecule has 0 heterocycles. The highest BCUT2D eigenvalue weighted by molar-refractivity contribution is 5.44. The molecule has 0 saturated heterocycles. The lowest BCUT2D eigenvalue weighted by atomic mass is 9.58. The molecule has 0 aromatic carbocycles. The first-order valence-corrected chi connectivity index (χ1v) is 8.85. The highest BCUT2D eigenvalue weighted by Gasteiger charge is 2.54. The summed E-state index contributed by atoms with van der Waals surface area (Å²) >= 11 is 0. The van der Waals surface area contributed by atoms with Crippen molar-refractivity contribution in [3.05, 3.63) is 47.6 Å². The van der Waals surface area contributed by atoms with Gasteiger partial charge in [0.2, 0.25) is 0 Å². The molecule has 2 aliphatic carbocycles. The third-order valence-electron chi connectivity index (χ3n) is 5.03. The predicted molar refractivity (Wildman–Crippen MR) is 100 cm³/mol. The molecule has 2 rings (SSSR count). The van der Waals surface area contributed by atoms with Crippen LogP contribution in [0.1, 0.15) is 68.2 Å². The molecule has 1 heteroatoms. The Balaban J connectivity index is 2.64. The van der Waals surface area contributed by atoms with Crippen molar-refractivity contribution in [1.29, 1.82) is 0 Å². The van der Waals surface area contributed by atoms with E-state index in [1.54, 1.807) is 0 Å². The normalized spacial score (nSPS) is 25.6. The Bertz CT molecular complexity index is 570. The van der Waals surface area contributed by atoms with Crippen molar-refractivity contribution in [2.24, 2.45) is 10.8 Å². The van der Waals surface area contributed by atoms with Gasteiger partial charge in [-0.05, 0) is 50.2 Å². The maximum absolute atomic E-state index is 6.89. The molecule has 0 aromatic heterocycles. The third-order valence-corrected chi connectivity index (χ3v) is 5.03. The van der Waals surface area contributed by atoms with Crippen molar-refractivity contribution >= 4 is 0 Å². The molecule has 1 atom stereocenters. The van der Waals surface area contributed by atoms with E-state index in [4.69, 9.17) is 4.74 Å². The first kappa shape index (κ1) is 18.3. The van der Waals surface area contributed by atoms with Gasteiger partial charge in [-0.25, -0.2) is 0 Å². The lowest BCUT2D eigenvalue weighted by Crippen LogP contribution is -2.55. The average Bonchev–Trinajstić information content (AvgIpc) is 2.90. The highest BCUT2D eigenvalue weighted by atomic mass is 16.5. The lowest BCUT2D eigenvalue weighted by molar-refractivity contribution is -0.161. The Morgan fingerprint density at radius 1 is 0.957 bits per heavy atom. The van der Waals surface area contributed by atoms with Gasteiger partial charge in [-0.1, -0.05) is 71.1 Å². The van der Waals surface area contributed by atoms with Gasteiger partial charge in [0.05, 0.1) is 5.60 Å². The smallest absolute Gasteiger partial charge is 0.103 e. The molecule has 0 amide bonds. The number of rotatable bonds is 3. The van der Waals surface area contributed by atoms with Crippen LogP contribution in [0.2, 0.25) is 0 Å². The second-order valence-corrected chi connectivity index (χ2v) is 9.43. The molecule has 1 unspecified atom stereocenters. The largest absolute Gasteiger partial charge is 0.364 e. The number of allylic oxidation sites excluding steroid dienone is 5. The zero-order chi connectivity index (χ0) is 17.5. The number of hydrogen-bond acceptors (Lipinski definition) is 1. The van der Waals surface area contributed by atoms with E-state index in [9.17, 15) is 0 Å². The molecule has 0 N–H and O–H groups in total. The van der Waals surface area contributed by atoms with E-state index in [2.05, 4.69) is 91.8 Å². The number of ether oxygens (including phenoxy) is 1. The second-order valence-electron chi connectivity index (χ2n) is 9.43. The van der Waals surface area contributed by atoms with Crippen LogP contribution in [0.25, 0.3) is 0 Å². The van der Waals surface area contributed by atoms with Crippen molar-refractivity contribution in [3.8, 4) is 0 Å². The van der Waals surface area contributed by atoms with E-state index in [-0.39, 0.29) is 22.0 Å². The molecule has 23 heavy (non-hydrogen) atoms. The van der Waals surface area contributed by atoms with Gasteiger partial charge >= 0.3 is 0 Å². The summed E-state index contributed by atoms with van der Waals surface area (Å²) < 4.78 is 6.89. The van der Waals surface area contributed by atoms with Crippen LogP contribution in [0.4, 0.5) is 0 Å². The molecule has 0 fully saturated rings. The monoisotopic (exact) mass is 314 g/mol. The molecule has 0 bridgehead atoms. The van der Waals surface area contributed by atoms with Crippen molar-refractivity contribution < 1.29 is 4.74 Å². The lowest BCUT2D eigenvalue weighted by Gasteiger charge is -2.55. The van der Waals surface area contributed by atoms with Gasteiger partial charge in [0.25, 0.3) is 0 Å². The molecule has 128 valence electrons. The fraction of sp³-hybridized carbons (Fsp3) is 0.636. The van der Waals surface area contributed by atoms with Crippen LogP contribution in [-0.4, -0.2) is 11.2 Å². The summed E-state index contributed by atoms with van der Waals surface area (Å²) in [7, 11) is 0. The van der Waals surface area contributed by atoms with E-state index in [0.717, 1.165) is 12.8 Å². The van der Waals surface area contributed by atoms with Gasteiger partial charge in [0, 0.05) is 5.41 Å². The summed E-state index contributed by atoms with van der Waals surface area (Å²) in [5.74, 6) is 0. The fourth-order valence-electron chi connectivity index (χ4n) is 3.99. The molecule has 0 radical (unpaired) electrons. The quantitative estimate of drug-likeness (QED) is 0.587. The summed E-state index contributed by atoms with van der Waals surface area (Å²) in [4.78, 5) is 0. The molecule has 1 nitrogen and oxygen atoms in total. The van der Waals surface area contributed by atoms with E-state index in [1.165, 1.54) is 11.1 Å². The SMILES string of the molecule is CC(C)(C)OC1(C(C)(C)C2=CCC=C2)CC=CC=C1C(C)(C)C. The van der Waals surface area contributed by atoms with Crippen LogP contribution < -0.4 is 0 Å². The van der Waals surface area contributed by atoms with Crippen molar-refractivity contribution in [2.45, 2.75) is 79.4 Å². The minimum atomic E-state index is -0.321. The Morgan fingerprint density at radius 2 is 1.61 bits per heavy atom. The van der Waals surface area contributed by atoms with Gasteiger partial charge < -0.3 is 4.74 Å². The topological polar surface area (TPSA) is 9.23 Å². The zero-order valence-electron chi connectivity index (χ0n) is 16.3. The van der Waals surface area contributed by atoms with Gasteiger partial charge in [-0.2, -0.15) is 0 Å². The highest BCUT2D eigenvalue weighted by Crippen LogP contribution is 2.55. The fourth-order valence-corrected chi connectivity index (χ4v) is 3.99. The van der Waals surface area contributed by atoms with Crippen molar-refractivity contribution in [2.75, 3.05) is 0 Å². The minimum Gasteiger partial charge on any atom is -0.364 e. The maximum atomic E-state index is 6.89. The summed E-state index contributed by atoms with van der Waals surface area (Å²) in [6.07, 6.45) is 15.6. The standard InChI is InChI=1S/C22H34O/c1-19(2,3)18-15-11-12-16-22(18,23-20(4,5)6)21(7,8)17-13-9-10-14-17/h9,11-15H,10,16H2,1-8H3. The molecular formula is C22H34O. The zero-order valence-corrected chi connectivity index (χ0v) is 16.3. The Kier molecular flexibility index (Phi) is 4.58. The first-order valence-electron chi connectivity index (χ1n) is 8.85. The summed E-state index contributed by atoms with van der Waals surface area (Å²) in [6.45, 7) is 18.1.